The molecule has 0 aliphatic rings. The highest BCUT2D eigenvalue weighted by Gasteiger charge is 2.12. The van der Waals surface area contributed by atoms with Crippen LogP contribution in [0.1, 0.15) is 17.4 Å². The van der Waals surface area contributed by atoms with E-state index < -0.39 is 0 Å². The number of benzene rings is 1. The minimum Gasteiger partial charge on any atom is -0.438 e. The van der Waals surface area contributed by atoms with E-state index in [0.717, 1.165) is 28.0 Å². The van der Waals surface area contributed by atoms with Crippen molar-refractivity contribution in [1.29, 1.82) is 0 Å². The smallest absolute Gasteiger partial charge is 0.232 e. The van der Waals surface area contributed by atoms with Gasteiger partial charge in [0.2, 0.25) is 11.8 Å². The highest BCUT2D eigenvalue weighted by molar-refractivity contribution is 7.18. The molecule has 0 fully saturated rings. The molecule has 102 valence electrons. The summed E-state index contributed by atoms with van der Waals surface area (Å²) in [4.78, 5) is 10.6. The van der Waals surface area contributed by atoms with Gasteiger partial charge in [-0.3, -0.25) is 0 Å². The average molecular weight is 285 g/mol. The number of aromatic nitrogens is 2. The first-order valence-corrected chi connectivity index (χ1v) is 7.28. The summed E-state index contributed by atoms with van der Waals surface area (Å²) in [5.41, 5.74) is 6.90. The molecule has 3 rings (SSSR count). The van der Waals surface area contributed by atoms with Crippen LogP contribution in [0.3, 0.4) is 0 Å². The number of hydrogen-bond acceptors (Lipinski definition) is 5. The second-order valence-electron chi connectivity index (χ2n) is 4.59. The first kappa shape index (κ1) is 12.9. The first-order valence-electron chi connectivity index (χ1n) is 6.46. The van der Waals surface area contributed by atoms with Crippen LogP contribution in [0.25, 0.3) is 10.2 Å². The molecule has 2 aromatic heterocycles. The number of fused-ring (bicyclic) bond motifs is 1. The second kappa shape index (κ2) is 5.09. The summed E-state index contributed by atoms with van der Waals surface area (Å²) in [7, 11) is 0. The molecule has 1 aromatic carbocycles. The quantitative estimate of drug-likeness (QED) is 0.792. The molecule has 0 bridgehead atoms. The van der Waals surface area contributed by atoms with Crippen molar-refractivity contribution in [2.24, 2.45) is 0 Å². The van der Waals surface area contributed by atoms with Crippen LogP contribution in [-0.4, -0.2) is 9.97 Å². The SMILES string of the molecule is CCc1cc2c(Oc3cccc(C)c3)nc(N)nc2s1. The second-order valence-corrected chi connectivity index (χ2v) is 5.71. The maximum Gasteiger partial charge on any atom is 0.232 e. The van der Waals surface area contributed by atoms with Crippen molar-refractivity contribution in [3.8, 4) is 11.6 Å². The zero-order valence-corrected chi connectivity index (χ0v) is 12.2. The zero-order chi connectivity index (χ0) is 14.1. The molecular weight excluding hydrogens is 270 g/mol. The van der Waals surface area contributed by atoms with E-state index in [1.807, 2.05) is 31.2 Å². The van der Waals surface area contributed by atoms with Gasteiger partial charge in [-0.15, -0.1) is 11.3 Å². The largest absolute Gasteiger partial charge is 0.438 e. The van der Waals surface area contributed by atoms with Gasteiger partial charge in [-0.25, -0.2) is 4.98 Å². The summed E-state index contributed by atoms with van der Waals surface area (Å²) in [6.45, 7) is 4.14. The Bertz CT molecular complexity index is 767. The predicted octanol–water partition coefficient (Wildman–Crippen LogP) is 3.94. The molecule has 3 aromatic rings. The number of rotatable bonds is 3. The number of ether oxygens (including phenoxy) is 1. The molecular formula is C15H15N3OS. The summed E-state index contributed by atoms with van der Waals surface area (Å²) < 4.78 is 5.89. The Labute approximate surface area is 121 Å². The van der Waals surface area contributed by atoms with Gasteiger partial charge in [0.1, 0.15) is 10.6 Å². The molecule has 0 spiro atoms. The molecule has 2 heterocycles. The van der Waals surface area contributed by atoms with Crippen LogP contribution in [0.15, 0.2) is 30.3 Å². The van der Waals surface area contributed by atoms with Crippen molar-refractivity contribution in [2.45, 2.75) is 20.3 Å². The van der Waals surface area contributed by atoms with Gasteiger partial charge in [-0.1, -0.05) is 19.1 Å². The number of anilines is 1. The fourth-order valence-electron chi connectivity index (χ4n) is 2.00. The van der Waals surface area contributed by atoms with E-state index in [9.17, 15) is 0 Å². The summed E-state index contributed by atoms with van der Waals surface area (Å²) in [6.07, 6.45) is 0.963. The zero-order valence-electron chi connectivity index (χ0n) is 11.4. The van der Waals surface area contributed by atoms with Crippen LogP contribution in [0.2, 0.25) is 0 Å². The number of hydrogen-bond donors (Lipinski definition) is 1. The summed E-state index contributed by atoms with van der Waals surface area (Å²) in [6, 6.07) is 9.93. The molecule has 5 heteroatoms. The number of nitrogens with zero attached hydrogens (tertiary/aromatic N) is 2. The van der Waals surface area contributed by atoms with Gasteiger partial charge in [0.05, 0.1) is 5.39 Å². The maximum absolute atomic E-state index is 5.89. The molecule has 20 heavy (non-hydrogen) atoms. The third-order valence-electron chi connectivity index (χ3n) is 2.98. The summed E-state index contributed by atoms with van der Waals surface area (Å²) >= 11 is 1.63. The molecule has 0 saturated heterocycles. The van der Waals surface area contributed by atoms with E-state index in [-0.39, 0.29) is 5.95 Å². The number of nitrogens with two attached hydrogens (primary N) is 1. The lowest BCUT2D eigenvalue weighted by molar-refractivity contribution is 0.469. The Morgan fingerprint density at radius 1 is 1.25 bits per heavy atom. The van der Waals surface area contributed by atoms with Crippen molar-refractivity contribution in [3.63, 3.8) is 0 Å². The number of aryl methyl sites for hydroxylation is 2. The Kier molecular flexibility index (Phi) is 3.28. The lowest BCUT2D eigenvalue weighted by Crippen LogP contribution is -1.97. The minimum absolute atomic E-state index is 0.240. The molecule has 0 amide bonds. The fraction of sp³-hybridized carbons (Fsp3) is 0.200. The topological polar surface area (TPSA) is 61.0 Å². The van der Waals surface area contributed by atoms with Crippen molar-refractivity contribution < 1.29 is 4.74 Å². The van der Waals surface area contributed by atoms with E-state index in [2.05, 4.69) is 23.0 Å². The van der Waals surface area contributed by atoms with Crippen LogP contribution in [-0.2, 0) is 6.42 Å². The van der Waals surface area contributed by atoms with Crippen LogP contribution in [0.4, 0.5) is 5.95 Å². The van der Waals surface area contributed by atoms with E-state index in [1.165, 1.54) is 4.88 Å². The van der Waals surface area contributed by atoms with Crippen LogP contribution in [0.5, 0.6) is 11.6 Å². The fourth-order valence-corrected chi connectivity index (χ4v) is 2.97. The van der Waals surface area contributed by atoms with Gasteiger partial charge in [-0.2, -0.15) is 4.98 Å². The minimum atomic E-state index is 0.240. The van der Waals surface area contributed by atoms with Crippen LogP contribution in [0, 0.1) is 6.92 Å². The van der Waals surface area contributed by atoms with Crippen molar-refractivity contribution in [3.05, 3.63) is 40.8 Å². The van der Waals surface area contributed by atoms with Gasteiger partial charge in [-0.05, 0) is 37.1 Å². The van der Waals surface area contributed by atoms with Crippen molar-refractivity contribution in [2.75, 3.05) is 5.73 Å². The maximum atomic E-state index is 5.89. The van der Waals surface area contributed by atoms with Gasteiger partial charge in [0, 0.05) is 4.88 Å². The van der Waals surface area contributed by atoms with Crippen molar-refractivity contribution >= 4 is 27.5 Å². The lowest BCUT2D eigenvalue weighted by atomic mass is 10.2. The Morgan fingerprint density at radius 2 is 2.10 bits per heavy atom. The van der Waals surface area contributed by atoms with Gasteiger partial charge in [0.15, 0.2) is 0 Å². The average Bonchev–Trinajstić information content (AvgIpc) is 2.82. The van der Waals surface area contributed by atoms with E-state index >= 15 is 0 Å². The monoisotopic (exact) mass is 285 g/mol. The van der Waals surface area contributed by atoms with Crippen molar-refractivity contribution in [1.82, 2.24) is 9.97 Å². The van der Waals surface area contributed by atoms with E-state index in [0.29, 0.717) is 5.88 Å². The van der Waals surface area contributed by atoms with Gasteiger partial charge < -0.3 is 10.5 Å². The normalized spacial score (nSPS) is 10.9. The lowest BCUT2D eigenvalue weighted by Gasteiger charge is -2.06. The molecule has 0 radical (unpaired) electrons. The highest BCUT2D eigenvalue weighted by Crippen LogP contribution is 2.33. The van der Waals surface area contributed by atoms with E-state index in [4.69, 9.17) is 10.5 Å². The predicted molar refractivity (Wildman–Crippen MR) is 82.5 cm³/mol. The third kappa shape index (κ3) is 2.44. The Morgan fingerprint density at radius 3 is 2.85 bits per heavy atom. The third-order valence-corrected chi connectivity index (χ3v) is 4.15. The molecule has 0 unspecified atom stereocenters. The summed E-state index contributed by atoms with van der Waals surface area (Å²) in [5, 5.41) is 0.919. The highest BCUT2D eigenvalue weighted by atomic mass is 32.1. The van der Waals surface area contributed by atoms with Crippen LogP contribution < -0.4 is 10.5 Å². The first-order chi connectivity index (χ1) is 9.65. The molecule has 2 N–H and O–H groups in total. The molecule has 0 atom stereocenters. The standard InChI is InChI=1S/C15H15N3OS/c1-3-11-8-12-13(17-15(16)18-14(12)20-11)19-10-6-4-5-9(2)7-10/h4-8H,3H2,1-2H3,(H2,16,17,18). The molecule has 0 saturated carbocycles. The Hall–Kier alpha value is -2.14. The van der Waals surface area contributed by atoms with Gasteiger partial charge >= 0.3 is 0 Å². The number of thiophene rings is 1. The van der Waals surface area contributed by atoms with Gasteiger partial charge in [0.25, 0.3) is 0 Å². The van der Waals surface area contributed by atoms with Crippen LogP contribution >= 0.6 is 11.3 Å². The molecule has 4 nitrogen and oxygen atoms in total. The Balaban J connectivity index is 2.08. The molecule has 0 aliphatic heterocycles. The van der Waals surface area contributed by atoms with E-state index in [1.54, 1.807) is 11.3 Å². The number of nitrogen functional groups attached to an aromatic ring is 1. The molecule has 0 aliphatic carbocycles. The summed E-state index contributed by atoms with van der Waals surface area (Å²) in [5.74, 6) is 1.52.